The van der Waals surface area contributed by atoms with Crippen molar-refractivity contribution in [2.75, 3.05) is 0 Å². The van der Waals surface area contributed by atoms with Crippen LogP contribution in [0.15, 0.2) is 36.4 Å². The first-order valence-corrected chi connectivity index (χ1v) is 7.60. The Balaban J connectivity index is 2.34. The fourth-order valence-electron chi connectivity index (χ4n) is 2.91. The Kier molecular flexibility index (Phi) is 3.64. The molecule has 0 radical (unpaired) electrons. The Hall–Kier alpha value is -2.68. The van der Waals surface area contributed by atoms with Crippen molar-refractivity contribution in [2.24, 2.45) is 0 Å². The summed E-state index contributed by atoms with van der Waals surface area (Å²) >= 11 is 0. The van der Waals surface area contributed by atoms with Gasteiger partial charge in [0.1, 0.15) is 0 Å². The second-order valence-corrected chi connectivity index (χ2v) is 6.14. The quantitative estimate of drug-likeness (QED) is 0.737. The van der Waals surface area contributed by atoms with Crippen molar-refractivity contribution in [3.63, 3.8) is 0 Å². The number of aromatic nitrogens is 1. The average molecular weight is 305 g/mol. The number of carbonyl (C=O) groups is 1. The van der Waals surface area contributed by atoms with E-state index in [1.807, 2.05) is 45.0 Å². The third-order valence-corrected chi connectivity index (χ3v) is 4.28. The number of rotatable bonds is 2. The van der Waals surface area contributed by atoms with Crippen LogP contribution in [0.3, 0.4) is 0 Å². The van der Waals surface area contributed by atoms with E-state index in [1.54, 1.807) is 6.07 Å². The van der Waals surface area contributed by atoms with Crippen molar-refractivity contribution in [1.29, 1.82) is 0 Å². The minimum Gasteiger partial charge on any atom is -0.478 e. The molecule has 3 rings (SSSR count). The van der Waals surface area contributed by atoms with E-state index in [0.717, 1.165) is 22.2 Å². The number of carboxylic acids is 1. The first-order valence-electron chi connectivity index (χ1n) is 7.60. The fraction of sp³-hybridized carbons (Fsp3) is 0.200. The molecule has 0 saturated heterocycles. The van der Waals surface area contributed by atoms with E-state index in [1.165, 1.54) is 11.1 Å². The summed E-state index contributed by atoms with van der Waals surface area (Å²) in [6, 6.07) is 11.7. The molecule has 2 aromatic carbocycles. The van der Waals surface area contributed by atoms with Gasteiger partial charge in [0, 0.05) is 10.9 Å². The molecule has 1 heterocycles. The standard InChI is InChI=1S/C20H19NO2/c1-11-7-14(4)19-16(8-11)17(20(22)23)10-18(21-19)15-6-5-12(2)13(3)9-15/h5-10H,1-4H3,(H,22,23). The zero-order chi connectivity index (χ0) is 16.7. The van der Waals surface area contributed by atoms with E-state index < -0.39 is 5.97 Å². The lowest BCUT2D eigenvalue weighted by atomic mass is 9.98. The Bertz CT molecular complexity index is 942. The zero-order valence-electron chi connectivity index (χ0n) is 13.8. The molecular formula is C20H19NO2. The van der Waals surface area contributed by atoms with Crippen LogP contribution in [0.5, 0.6) is 0 Å². The van der Waals surface area contributed by atoms with Gasteiger partial charge in [-0.1, -0.05) is 23.8 Å². The number of hydrogen-bond acceptors (Lipinski definition) is 2. The van der Waals surface area contributed by atoms with Gasteiger partial charge in [-0.3, -0.25) is 0 Å². The predicted molar refractivity (Wildman–Crippen MR) is 93.1 cm³/mol. The average Bonchev–Trinajstić information content (AvgIpc) is 2.49. The summed E-state index contributed by atoms with van der Waals surface area (Å²) in [7, 11) is 0. The van der Waals surface area contributed by atoms with Crippen molar-refractivity contribution in [1.82, 2.24) is 4.98 Å². The molecule has 0 aliphatic heterocycles. The molecule has 3 aromatic rings. The number of pyridine rings is 1. The van der Waals surface area contributed by atoms with Crippen molar-refractivity contribution < 1.29 is 9.90 Å². The molecule has 0 saturated carbocycles. The van der Waals surface area contributed by atoms with Gasteiger partial charge >= 0.3 is 5.97 Å². The summed E-state index contributed by atoms with van der Waals surface area (Å²) in [5, 5.41) is 10.3. The van der Waals surface area contributed by atoms with E-state index in [0.29, 0.717) is 16.6 Å². The maximum Gasteiger partial charge on any atom is 0.336 e. The van der Waals surface area contributed by atoms with Gasteiger partial charge in [0.05, 0.1) is 16.8 Å². The van der Waals surface area contributed by atoms with Gasteiger partial charge in [0.15, 0.2) is 0 Å². The molecule has 3 nitrogen and oxygen atoms in total. The van der Waals surface area contributed by atoms with Crippen LogP contribution < -0.4 is 0 Å². The Morgan fingerprint density at radius 3 is 2.30 bits per heavy atom. The topological polar surface area (TPSA) is 50.2 Å². The van der Waals surface area contributed by atoms with Gasteiger partial charge in [0.25, 0.3) is 0 Å². The number of aromatic carboxylic acids is 1. The maximum absolute atomic E-state index is 11.7. The van der Waals surface area contributed by atoms with Gasteiger partial charge in [-0.25, -0.2) is 9.78 Å². The summed E-state index contributed by atoms with van der Waals surface area (Å²) in [5.41, 5.74) is 7.11. The van der Waals surface area contributed by atoms with E-state index in [-0.39, 0.29) is 0 Å². The molecule has 0 unspecified atom stereocenters. The molecular weight excluding hydrogens is 286 g/mol. The highest BCUT2D eigenvalue weighted by atomic mass is 16.4. The summed E-state index contributed by atoms with van der Waals surface area (Å²) in [6.07, 6.45) is 0. The van der Waals surface area contributed by atoms with Crippen LogP contribution in [-0.4, -0.2) is 16.1 Å². The van der Waals surface area contributed by atoms with Crippen LogP contribution >= 0.6 is 0 Å². The minimum atomic E-state index is -0.924. The number of aryl methyl sites for hydroxylation is 4. The van der Waals surface area contributed by atoms with Gasteiger partial charge in [0.2, 0.25) is 0 Å². The van der Waals surface area contributed by atoms with Crippen molar-refractivity contribution in [2.45, 2.75) is 27.7 Å². The molecule has 3 heteroatoms. The largest absolute Gasteiger partial charge is 0.478 e. The lowest BCUT2D eigenvalue weighted by molar-refractivity contribution is 0.0699. The molecule has 1 aromatic heterocycles. The second kappa shape index (κ2) is 5.51. The molecule has 0 bridgehead atoms. The van der Waals surface area contributed by atoms with E-state index >= 15 is 0 Å². The molecule has 0 amide bonds. The van der Waals surface area contributed by atoms with Crippen molar-refractivity contribution in [3.05, 3.63) is 64.2 Å². The van der Waals surface area contributed by atoms with E-state index in [2.05, 4.69) is 13.0 Å². The molecule has 0 spiro atoms. The third-order valence-electron chi connectivity index (χ3n) is 4.28. The maximum atomic E-state index is 11.7. The lowest BCUT2D eigenvalue weighted by Crippen LogP contribution is -2.02. The summed E-state index contributed by atoms with van der Waals surface area (Å²) in [4.78, 5) is 16.5. The van der Waals surface area contributed by atoms with E-state index in [4.69, 9.17) is 4.98 Å². The summed E-state index contributed by atoms with van der Waals surface area (Å²) in [6.45, 7) is 8.04. The molecule has 0 fully saturated rings. The van der Waals surface area contributed by atoms with Crippen LogP contribution in [0.2, 0.25) is 0 Å². The Labute approximate surface area is 135 Å². The smallest absolute Gasteiger partial charge is 0.336 e. The van der Waals surface area contributed by atoms with Crippen molar-refractivity contribution >= 4 is 16.9 Å². The Morgan fingerprint density at radius 1 is 0.913 bits per heavy atom. The van der Waals surface area contributed by atoms with Crippen LogP contribution in [0.25, 0.3) is 22.2 Å². The Morgan fingerprint density at radius 2 is 1.65 bits per heavy atom. The normalized spacial score (nSPS) is 11.0. The van der Waals surface area contributed by atoms with Gasteiger partial charge in [-0.15, -0.1) is 0 Å². The second-order valence-electron chi connectivity index (χ2n) is 6.14. The molecule has 0 aliphatic carbocycles. The number of carboxylic acid groups (broad SMARTS) is 1. The predicted octanol–water partition coefficient (Wildman–Crippen LogP) is 4.83. The van der Waals surface area contributed by atoms with Crippen LogP contribution in [0.4, 0.5) is 0 Å². The summed E-state index contributed by atoms with van der Waals surface area (Å²) < 4.78 is 0. The first-order chi connectivity index (χ1) is 10.9. The molecule has 0 aliphatic rings. The van der Waals surface area contributed by atoms with Crippen LogP contribution in [0, 0.1) is 27.7 Å². The number of hydrogen-bond donors (Lipinski definition) is 1. The van der Waals surface area contributed by atoms with Crippen LogP contribution in [-0.2, 0) is 0 Å². The van der Waals surface area contributed by atoms with Gasteiger partial charge in [-0.05, 0) is 62.6 Å². The lowest BCUT2D eigenvalue weighted by Gasteiger charge is -2.11. The monoisotopic (exact) mass is 305 g/mol. The number of benzene rings is 2. The summed E-state index contributed by atoms with van der Waals surface area (Å²) in [5.74, 6) is -0.924. The highest BCUT2D eigenvalue weighted by Crippen LogP contribution is 2.28. The third kappa shape index (κ3) is 2.70. The molecule has 116 valence electrons. The SMILES string of the molecule is Cc1cc(C)c2nc(-c3ccc(C)c(C)c3)cc(C(=O)O)c2c1. The minimum absolute atomic E-state index is 0.301. The highest BCUT2D eigenvalue weighted by Gasteiger charge is 2.15. The van der Waals surface area contributed by atoms with Crippen LogP contribution in [0.1, 0.15) is 32.6 Å². The molecule has 0 atom stereocenters. The van der Waals surface area contributed by atoms with Gasteiger partial charge in [-0.2, -0.15) is 0 Å². The number of nitrogens with zero attached hydrogens (tertiary/aromatic N) is 1. The fourth-order valence-corrected chi connectivity index (χ4v) is 2.91. The molecule has 1 N–H and O–H groups in total. The number of fused-ring (bicyclic) bond motifs is 1. The zero-order valence-corrected chi connectivity index (χ0v) is 13.8. The highest BCUT2D eigenvalue weighted by molar-refractivity contribution is 6.04. The van der Waals surface area contributed by atoms with Crippen molar-refractivity contribution in [3.8, 4) is 11.3 Å². The van der Waals surface area contributed by atoms with E-state index in [9.17, 15) is 9.90 Å². The molecule has 23 heavy (non-hydrogen) atoms. The van der Waals surface area contributed by atoms with Gasteiger partial charge < -0.3 is 5.11 Å². The first kappa shape index (κ1) is 15.2.